The number of carbonyl (C=O) groups is 1. The van der Waals surface area contributed by atoms with Crippen LogP contribution in [-0.4, -0.2) is 46.0 Å². The highest BCUT2D eigenvalue weighted by atomic mass is 127. The summed E-state index contributed by atoms with van der Waals surface area (Å²) in [5, 5.41) is 9.16. The Labute approximate surface area is 172 Å². The second-order valence-corrected chi connectivity index (χ2v) is 6.04. The van der Waals surface area contributed by atoms with Crippen LogP contribution in [0.25, 0.3) is 0 Å². The van der Waals surface area contributed by atoms with Crippen LogP contribution >= 0.6 is 24.0 Å². The number of ether oxygens (including phenoxy) is 2. The van der Waals surface area contributed by atoms with Crippen molar-refractivity contribution in [3.63, 3.8) is 0 Å². The first-order valence-electron chi connectivity index (χ1n) is 8.67. The Morgan fingerprint density at radius 2 is 1.96 bits per heavy atom. The fraction of sp³-hybridized carbons (Fsp3) is 0.556. The molecule has 1 aromatic carbocycles. The zero-order valence-corrected chi connectivity index (χ0v) is 17.7. The second kappa shape index (κ2) is 12.7. The zero-order valence-electron chi connectivity index (χ0n) is 15.4. The molecular formula is C18H29IN4O3. The zero-order chi connectivity index (χ0) is 17.9. The van der Waals surface area contributed by atoms with Crippen molar-refractivity contribution in [1.82, 2.24) is 10.6 Å². The van der Waals surface area contributed by atoms with E-state index in [1.807, 2.05) is 24.3 Å². The highest BCUT2D eigenvalue weighted by Gasteiger charge is 2.20. The number of guanidine groups is 1. The van der Waals surface area contributed by atoms with Crippen molar-refractivity contribution in [2.24, 2.45) is 10.9 Å². The first-order valence-corrected chi connectivity index (χ1v) is 8.67. The topological polar surface area (TPSA) is 84.0 Å². The van der Waals surface area contributed by atoms with Crippen LogP contribution in [0.4, 0.5) is 10.5 Å². The predicted molar refractivity (Wildman–Crippen MR) is 114 cm³/mol. The van der Waals surface area contributed by atoms with Gasteiger partial charge in [-0.2, -0.15) is 0 Å². The van der Waals surface area contributed by atoms with E-state index < -0.39 is 6.09 Å². The lowest BCUT2D eigenvalue weighted by Crippen LogP contribution is -2.37. The quantitative estimate of drug-likeness (QED) is 0.221. The van der Waals surface area contributed by atoms with E-state index >= 15 is 0 Å². The van der Waals surface area contributed by atoms with Crippen LogP contribution in [0.2, 0.25) is 0 Å². The SMILES string of the molecule is CN=C(NCCCOCC1CC1)NCc1ccc(NC(=O)OC)cc1.I. The number of rotatable bonds is 9. The Morgan fingerprint density at radius 3 is 2.58 bits per heavy atom. The fourth-order valence-corrected chi connectivity index (χ4v) is 2.20. The Morgan fingerprint density at radius 1 is 1.23 bits per heavy atom. The van der Waals surface area contributed by atoms with Crippen molar-refractivity contribution < 1.29 is 14.3 Å². The minimum Gasteiger partial charge on any atom is -0.453 e. The molecule has 0 radical (unpaired) electrons. The number of anilines is 1. The van der Waals surface area contributed by atoms with Crippen molar-refractivity contribution in [2.45, 2.75) is 25.8 Å². The number of aliphatic imine (C=N–C) groups is 1. The molecular weight excluding hydrogens is 447 g/mol. The van der Waals surface area contributed by atoms with E-state index in [1.165, 1.54) is 20.0 Å². The van der Waals surface area contributed by atoms with Gasteiger partial charge < -0.3 is 20.1 Å². The number of benzene rings is 1. The number of methoxy groups -OCH3 is 1. The molecule has 1 fully saturated rings. The lowest BCUT2D eigenvalue weighted by atomic mass is 10.2. The number of hydrogen-bond acceptors (Lipinski definition) is 4. The van der Waals surface area contributed by atoms with Gasteiger partial charge in [0, 0.05) is 39.0 Å². The summed E-state index contributed by atoms with van der Waals surface area (Å²) in [4.78, 5) is 15.4. The third kappa shape index (κ3) is 9.23. The summed E-state index contributed by atoms with van der Waals surface area (Å²) < 4.78 is 10.2. The van der Waals surface area contributed by atoms with Crippen LogP contribution in [0, 0.1) is 5.92 Å². The standard InChI is InChI=1S/C18H28N4O3.HI/c1-19-17(20-10-3-11-25-13-15-4-5-15)21-12-14-6-8-16(9-7-14)22-18(23)24-2;/h6-9,15H,3-5,10-13H2,1-2H3,(H,22,23)(H2,19,20,21);1H. The minimum atomic E-state index is -0.475. The van der Waals surface area contributed by atoms with E-state index in [2.05, 4.69) is 25.7 Å². The lowest BCUT2D eigenvalue weighted by Gasteiger charge is -2.12. The van der Waals surface area contributed by atoms with E-state index in [4.69, 9.17) is 4.74 Å². The summed E-state index contributed by atoms with van der Waals surface area (Å²) in [5.74, 6) is 1.58. The number of nitrogens with zero attached hydrogens (tertiary/aromatic N) is 1. The van der Waals surface area contributed by atoms with Gasteiger partial charge in [0.15, 0.2) is 5.96 Å². The summed E-state index contributed by atoms with van der Waals surface area (Å²) in [7, 11) is 3.09. The summed E-state index contributed by atoms with van der Waals surface area (Å²) in [6, 6.07) is 7.55. The molecule has 7 nitrogen and oxygen atoms in total. The molecule has 2 rings (SSSR count). The van der Waals surface area contributed by atoms with Crippen molar-refractivity contribution in [1.29, 1.82) is 0 Å². The smallest absolute Gasteiger partial charge is 0.411 e. The maximum atomic E-state index is 11.1. The molecule has 0 spiro atoms. The van der Waals surface area contributed by atoms with E-state index in [-0.39, 0.29) is 24.0 Å². The molecule has 26 heavy (non-hydrogen) atoms. The van der Waals surface area contributed by atoms with Gasteiger partial charge in [-0.15, -0.1) is 24.0 Å². The molecule has 1 aliphatic rings. The highest BCUT2D eigenvalue weighted by Crippen LogP contribution is 2.28. The molecule has 3 N–H and O–H groups in total. The maximum absolute atomic E-state index is 11.1. The average Bonchev–Trinajstić information content (AvgIpc) is 3.46. The molecule has 1 aromatic rings. The summed E-state index contributed by atoms with van der Waals surface area (Å²) in [5.41, 5.74) is 1.79. The molecule has 1 aliphatic carbocycles. The number of halogens is 1. The van der Waals surface area contributed by atoms with Crippen LogP contribution in [0.1, 0.15) is 24.8 Å². The van der Waals surface area contributed by atoms with Crippen molar-refractivity contribution in [3.8, 4) is 0 Å². The molecule has 0 atom stereocenters. The largest absolute Gasteiger partial charge is 0.453 e. The van der Waals surface area contributed by atoms with Crippen LogP contribution in [0.5, 0.6) is 0 Å². The number of carbonyl (C=O) groups excluding carboxylic acids is 1. The third-order valence-electron chi connectivity index (χ3n) is 3.88. The predicted octanol–water partition coefficient (Wildman–Crippen LogP) is 2.96. The van der Waals surface area contributed by atoms with Gasteiger partial charge in [0.2, 0.25) is 0 Å². The average molecular weight is 476 g/mol. The van der Waals surface area contributed by atoms with Gasteiger partial charge in [-0.1, -0.05) is 12.1 Å². The van der Waals surface area contributed by atoms with Gasteiger partial charge in [0.25, 0.3) is 0 Å². The molecule has 0 aliphatic heterocycles. The Kier molecular flexibility index (Phi) is 11.0. The van der Waals surface area contributed by atoms with Crippen molar-refractivity contribution in [2.75, 3.05) is 39.2 Å². The third-order valence-corrected chi connectivity index (χ3v) is 3.88. The van der Waals surface area contributed by atoms with E-state index in [0.717, 1.165) is 43.6 Å². The fourth-order valence-electron chi connectivity index (χ4n) is 2.20. The highest BCUT2D eigenvalue weighted by molar-refractivity contribution is 14.0. The van der Waals surface area contributed by atoms with Gasteiger partial charge >= 0.3 is 6.09 Å². The second-order valence-electron chi connectivity index (χ2n) is 6.04. The van der Waals surface area contributed by atoms with Gasteiger partial charge in [-0.3, -0.25) is 10.3 Å². The van der Waals surface area contributed by atoms with Gasteiger partial charge in [-0.25, -0.2) is 4.79 Å². The lowest BCUT2D eigenvalue weighted by molar-refractivity contribution is 0.123. The maximum Gasteiger partial charge on any atom is 0.411 e. The molecule has 1 saturated carbocycles. The molecule has 0 heterocycles. The first-order chi connectivity index (χ1) is 12.2. The summed E-state index contributed by atoms with van der Waals surface area (Å²) >= 11 is 0. The van der Waals surface area contributed by atoms with Crippen LogP contribution in [-0.2, 0) is 16.0 Å². The number of nitrogens with one attached hydrogen (secondary N) is 3. The van der Waals surface area contributed by atoms with E-state index in [1.54, 1.807) is 7.05 Å². The van der Waals surface area contributed by atoms with Crippen molar-refractivity contribution >= 4 is 41.7 Å². The first kappa shape index (κ1) is 22.5. The van der Waals surface area contributed by atoms with E-state index in [0.29, 0.717) is 12.2 Å². The molecule has 146 valence electrons. The van der Waals surface area contributed by atoms with Gasteiger partial charge in [-0.05, 0) is 42.9 Å². The monoisotopic (exact) mass is 476 g/mol. The Hall–Kier alpha value is -1.55. The number of hydrogen-bond donors (Lipinski definition) is 3. The molecule has 0 saturated heterocycles. The molecule has 0 unspecified atom stereocenters. The Bertz CT molecular complexity index is 562. The number of amides is 1. The summed E-state index contributed by atoms with van der Waals surface area (Å²) in [6.45, 7) is 3.17. The van der Waals surface area contributed by atoms with Crippen molar-refractivity contribution in [3.05, 3.63) is 29.8 Å². The van der Waals surface area contributed by atoms with Crippen LogP contribution in [0.3, 0.4) is 0 Å². The minimum absolute atomic E-state index is 0. The van der Waals surface area contributed by atoms with Crippen LogP contribution < -0.4 is 16.0 Å². The van der Waals surface area contributed by atoms with E-state index in [9.17, 15) is 4.79 Å². The molecule has 0 aromatic heterocycles. The molecule has 0 bridgehead atoms. The Balaban J connectivity index is 0.00000338. The normalized spacial score (nSPS) is 13.5. The van der Waals surface area contributed by atoms with Gasteiger partial charge in [0.05, 0.1) is 7.11 Å². The molecule has 1 amide bonds. The van der Waals surface area contributed by atoms with Crippen LogP contribution in [0.15, 0.2) is 29.3 Å². The van der Waals surface area contributed by atoms with Gasteiger partial charge in [0.1, 0.15) is 0 Å². The summed E-state index contributed by atoms with van der Waals surface area (Å²) in [6.07, 6.45) is 3.14. The molecule has 8 heteroatoms.